The molecule has 0 spiro atoms. The minimum absolute atomic E-state index is 0.353. The summed E-state index contributed by atoms with van der Waals surface area (Å²) in [5.41, 5.74) is 3.00. The fourth-order valence-corrected chi connectivity index (χ4v) is 4.14. The van der Waals surface area contributed by atoms with Crippen molar-refractivity contribution in [2.24, 2.45) is 5.10 Å². The largest absolute Gasteiger partial charge is 0.493 e. The van der Waals surface area contributed by atoms with Gasteiger partial charge in [-0.15, -0.1) is 10.2 Å². The molecule has 0 bridgehead atoms. The van der Waals surface area contributed by atoms with Crippen LogP contribution in [-0.2, 0) is 12.4 Å². The van der Waals surface area contributed by atoms with Gasteiger partial charge in [0.15, 0.2) is 17.3 Å². The van der Waals surface area contributed by atoms with Crippen molar-refractivity contribution in [1.29, 1.82) is 0 Å². The van der Waals surface area contributed by atoms with E-state index >= 15 is 0 Å². The van der Waals surface area contributed by atoms with E-state index in [9.17, 15) is 0 Å². The summed E-state index contributed by atoms with van der Waals surface area (Å²) >= 11 is 7.81. The molecule has 4 aromatic rings. The second-order valence-electron chi connectivity index (χ2n) is 7.15. The van der Waals surface area contributed by atoms with Gasteiger partial charge in [-0.25, -0.2) is 0 Å². The zero-order valence-corrected chi connectivity index (χ0v) is 19.9. The molecular formula is C25H23ClN4O2S. The molecule has 0 aliphatic rings. The number of methoxy groups -OCH3 is 1. The Bertz CT molecular complexity index is 1240. The molecule has 4 rings (SSSR count). The number of ether oxygens (including phenoxy) is 2. The van der Waals surface area contributed by atoms with Gasteiger partial charge in [0.1, 0.15) is 6.61 Å². The molecule has 0 fully saturated rings. The third-order valence-electron chi connectivity index (χ3n) is 4.83. The highest BCUT2D eigenvalue weighted by molar-refractivity contribution is 7.98. The van der Waals surface area contributed by atoms with E-state index in [1.165, 1.54) is 5.56 Å². The molecule has 8 heteroatoms. The molecule has 1 aromatic heterocycles. The molecule has 6 nitrogen and oxygen atoms in total. The van der Waals surface area contributed by atoms with Crippen LogP contribution in [0.1, 0.15) is 22.5 Å². The summed E-state index contributed by atoms with van der Waals surface area (Å²) in [7, 11) is 1.61. The number of nitrogens with zero attached hydrogens (tertiary/aromatic N) is 4. The van der Waals surface area contributed by atoms with E-state index in [0.29, 0.717) is 29.0 Å². The van der Waals surface area contributed by atoms with Gasteiger partial charge in [0.25, 0.3) is 0 Å². The van der Waals surface area contributed by atoms with E-state index in [0.717, 1.165) is 22.0 Å². The van der Waals surface area contributed by atoms with Gasteiger partial charge in [-0.05, 0) is 42.3 Å². The summed E-state index contributed by atoms with van der Waals surface area (Å²) < 4.78 is 13.2. The molecule has 0 saturated carbocycles. The van der Waals surface area contributed by atoms with Crippen molar-refractivity contribution in [1.82, 2.24) is 14.9 Å². The van der Waals surface area contributed by atoms with E-state index in [1.807, 2.05) is 67.6 Å². The highest BCUT2D eigenvalue weighted by Gasteiger charge is 2.10. The van der Waals surface area contributed by atoms with Crippen molar-refractivity contribution in [3.63, 3.8) is 0 Å². The third kappa shape index (κ3) is 5.94. The zero-order valence-electron chi connectivity index (χ0n) is 18.3. The van der Waals surface area contributed by atoms with Crippen molar-refractivity contribution in [3.8, 4) is 11.5 Å². The number of hydrogen-bond acceptors (Lipinski definition) is 6. The monoisotopic (exact) mass is 478 g/mol. The lowest BCUT2D eigenvalue weighted by molar-refractivity contribution is 0.284. The van der Waals surface area contributed by atoms with Crippen LogP contribution in [-0.4, -0.2) is 28.2 Å². The maximum absolute atomic E-state index is 6.22. The van der Waals surface area contributed by atoms with Crippen LogP contribution in [0.2, 0.25) is 5.02 Å². The van der Waals surface area contributed by atoms with Crippen molar-refractivity contribution in [3.05, 3.63) is 100 Å². The highest BCUT2D eigenvalue weighted by atomic mass is 35.5. The molecule has 0 radical (unpaired) electrons. The maximum atomic E-state index is 6.22. The molecule has 0 amide bonds. The normalized spacial score (nSPS) is 11.1. The van der Waals surface area contributed by atoms with Gasteiger partial charge >= 0.3 is 0 Å². The lowest BCUT2D eigenvalue weighted by Crippen LogP contribution is -2.00. The lowest BCUT2D eigenvalue weighted by atomic mass is 10.2. The summed E-state index contributed by atoms with van der Waals surface area (Å²) in [5, 5.41) is 14.4. The molecule has 33 heavy (non-hydrogen) atoms. The van der Waals surface area contributed by atoms with Gasteiger partial charge < -0.3 is 9.47 Å². The van der Waals surface area contributed by atoms with Crippen LogP contribution >= 0.6 is 23.4 Å². The Balaban J connectivity index is 1.46. The average Bonchev–Trinajstić information content (AvgIpc) is 3.21. The molecule has 0 unspecified atom stereocenters. The van der Waals surface area contributed by atoms with Gasteiger partial charge in [-0.3, -0.25) is 0 Å². The molecule has 0 N–H and O–H groups in total. The molecule has 168 valence electrons. The summed E-state index contributed by atoms with van der Waals surface area (Å²) in [5.74, 6) is 2.76. The molecule has 3 aromatic carbocycles. The quantitative estimate of drug-likeness (QED) is 0.218. The number of hydrogen-bond donors (Lipinski definition) is 0. The molecule has 0 aliphatic carbocycles. The number of thioether (sulfide) groups is 1. The van der Waals surface area contributed by atoms with Crippen LogP contribution in [0, 0.1) is 6.92 Å². The molecular weight excluding hydrogens is 456 g/mol. The molecule has 0 aliphatic heterocycles. The number of aryl methyl sites for hydroxylation is 1. The summed E-state index contributed by atoms with van der Waals surface area (Å²) in [4.78, 5) is 0. The molecule has 1 heterocycles. The summed E-state index contributed by atoms with van der Waals surface area (Å²) in [6.07, 6.45) is 1.75. The standard InChI is InChI=1S/C25H23ClN4O2S/c1-18-28-29-25(33-17-19-8-4-3-5-9-19)30(18)27-15-20-12-13-23(24(14-20)31-2)32-16-21-10-6-7-11-22(21)26/h3-15H,16-17H2,1-2H3/b27-15+. The predicted molar refractivity (Wildman–Crippen MR) is 133 cm³/mol. The first kappa shape index (κ1) is 22.9. The van der Waals surface area contributed by atoms with Crippen molar-refractivity contribution in [2.45, 2.75) is 24.4 Å². The van der Waals surface area contributed by atoms with E-state index < -0.39 is 0 Å². The number of rotatable bonds is 9. The first-order valence-corrected chi connectivity index (χ1v) is 11.7. The maximum Gasteiger partial charge on any atom is 0.212 e. The average molecular weight is 479 g/mol. The van der Waals surface area contributed by atoms with E-state index in [4.69, 9.17) is 21.1 Å². The summed E-state index contributed by atoms with van der Waals surface area (Å²) in [6, 6.07) is 23.5. The highest BCUT2D eigenvalue weighted by Crippen LogP contribution is 2.29. The van der Waals surface area contributed by atoms with Gasteiger partial charge in [0.2, 0.25) is 5.16 Å². The summed E-state index contributed by atoms with van der Waals surface area (Å²) in [6.45, 7) is 2.23. The van der Waals surface area contributed by atoms with Crippen LogP contribution in [0.25, 0.3) is 0 Å². The minimum atomic E-state index is 0.353. The number of aromatic nitrogens is 3. The van der Waals surface area contributed by atoms with Gasteiger partial charge in [0, 0.05) is 16.3 Å². The first-order chi connectivity index (χ1) is 16.1. The van der Waals surface area contributed by atoms with Gasteiger partial charge in [0.05, 0.1) is 13.3 Å². The SMILES string of the molecule is COc1cc(/C=N/n2c(C)nnc2SCc2ccccc2)ccc1OCc1ccccc1Cl. The van der Waals surface area contributed by atoms with Crippen LogP contribution in [0.5, 0.6) is 11.5 Å². The predicted octanol–water partition coefficient (Wildman–Crippen LogP) is 6.00. The van der Waals surface area contributed by atoms with E-state index in [2.05, 4.69) is 27.4 Å². The zero-order chi connectivity index (χ0) is 23.0. The third-order valence-corrected chi connectivity index (χ3v) is 6.19. The van der Waals surface area contributed by atoms with Gasteiger partial charge in [-0.2, -0.15) is 9.78 Å². The molecule has 0 saturated heterocycles. The Hall–Kier alpha value is -3.29. The Morgan fingerprint density at radius 1 is 1.00 bits per heavy atom. The Morgan fingerprint density at radius 2 is 1.79 bits per heavy atom. The van der Waals surface area contributed by atoms with Crippen LogP contribution in [0.3, 0.4) is 0 Å². The van der Waals surface area contributed by atoms with Crippen molar-refractivity contribution < 1.29 is 9.47 Å². The fraction of sp³-hybridized carbons (Fsp3) is 0.160. The Morgan fingerprint density at radius 3 is 2.58 bits per heavy atom. The second kappa shape index (κ2) is 11.0. The fourth-order valence-electron chi connectivity index (χ4n) is 3.06. The van der Waals surface area contributed by atoms with Crippen LogP contribution in [0.4, 0.5) is 0 Å². The van der Waals surface area contributed by atoms with Crippen molar-refractivity contribution in [2.75, 3.05) is 7.11 Å². The Kier molecular flexibility index (Phi) is 7.65. The van der Waals surface area contributed by atoms with Crippen LogP contribution < -0.4 is 9.47 Å². The van der Waals surface area contributed by atoms with E-state index in [-0.39, 0.29) is 0 Å². The second-order valence-corrected chi connectivity index (χ2v) is 8.50. The minimum Gasteiger partial charge on any atom is -0.493 e. The number of benzene rings is 3. The lowest BCUT2D eigenvalue weighted by Gasteiger charge is -2.12. The van der Waals surface area contributed by atoms with Crippen molar-refractivity contribution >= 4 is 29.6 Å². The first-order valence-electron chi connectivity index (χ1n) is 10.3. The van der Waals surface area contributed by atoms with Crippen LogP contribution in [0.15, 0.2) is 83.1 Å². The topological polar surface area (TPSA) is 61.5 Å². The molecule has 0 atom stereocenters. The van der Waals surface area contributed by atoms with E-state index in [1.54, 1.807) is 29.8 Å². The Labute approximate surface area is 202 Å². The smallest absolute Gasteiger partial charge is 0.212 e. The van der Waals surface area contributed by atoms with Gasteiger partial charge in [-0.1, -0.05) is 71.9 Å². The number of halogens is 1.